The molecule has 20 heavy (non-hydrogen) atoms. The lowest BCUT2D eigenvalue weighted by atomic mass is 10.2. The molecule has 0 aliphatic carbocycles. The molecule has 1 aromatic carbocycles. The van der Waals surface area contributed by atoms with Crippen molar-refractivity contribution in [1.29, 1.82) is 0 Å². The van der Waals surface area contributed by atoms with Gasteiger partial charge in [0.2, 0.25) is 0 Å². The van der Waals surface area contributed by atoms with Crippen LogP contribution in [0.4, 0.5) is 4.39 Å². The Balaban J connectivity index is 2.05. The van der Waals surface area contributed by atoms with Gasteiger partial charge in [-0.25, -0.2) is 9.07 Å². The monoisotopic (exact) mass is 278 g/mol. The molecule has 0 aliphatic heterocycles. The van der Waals surface area contributed by atoms with E-state index < -0.39 is 0 Å². The summed E-state index contributed by atoms with van der Waals surface area (Å²) < 4.78 is 14.2. The summed E-state index contributed by atoms with van der Waals surface area (Å²) in [6.45, 7) is 2.18. The number of aromatic nitrogens is 3. The van der Waals surface area contributed by atoms with Crippen LogP contribution in [0.25, 0.3) is 5.69 Å². The third-order valence-corrected chi connectivity index (χ3v) is 2.74. The van der Waals surface area contributed by atoms with Gasteiger partial charge in [-0.1, -0.05) is 12.1 Å². The molecule has 0 radical (unpaired) electrons. The predicted octanol–water partition coefficient (Wildman–Crippen LogP) is 0.765. The summed E-state index contributed by atoms with van der Waals surface area (Å²) in [5.74, 6) is -0.727. The van der Waals surface area contributed by atoms with Gasteiger partial charge >= 0.3 is 0 Å². The third-order valence-electron chi connectivity index (χ3n) is 2.74. The fourth-order valence-electron chi connectivity index (χ4n) is 1.51. The lowest BCUT2D eigenvalue weighted by Crippen LogP contribution is -2.29. The first-order chi connectivity index (χ1) is 9.60. The molecule has 0 bridgehead atoms. The number of benzene rings is 1. The average Bonchev–Trinajstić information content (AvgIpc) is 2.95. The maximum Gasteiger partial charge on any atom is 0.273 e. The van der Waals surface area contributed by atoms with Crippen molar-refractivity contribution in [3.8, 4) is 5.69 Å². The smallest absolute Gasteiger partial charge is 0.273 e. The number of hydrogen-bond donors (Lipinski definition) is 2. The summed E-state index contributed by atoms with van der Waals surface area (Å²) in [4.78, 5) is 11.8. The molecule has 0 saturated heterocycles. The summed E-state index contributed by atoms with van der Waals surface area (Å²) in [6, 6.07) is 5.69. The van der Waals surface area contributed by atoms with Gasteiger partial charge in [0, 0.05) is 13.2 Å². The van der Waals surface area contributed by atoms with Crippen LogP contribution in [0.2, 0.25) is 0 Å². The fraction of sp³-hybridized carbons (Fsp3) is 0.308. The second-order valence-electron chi connectivity index (χ2n) is 4.52. The zero-order valence-electron chi connectivity index (χ0n) is 11.0. The van der Waals surface area contributed by atoms with Gasteiger partial charge in [-0.3, -0.25) is 4.79 Å². The Morgan fingerprint density at radius 1 is 1.45 bits per heavy atom. The molecule has 6 nitrogen and oxygen atoms in total. The van der Waals surface area contributed by atoms with Crippen LogP contribution >= 0.6 is 0 Å². The van der Waals surface area contributed by atoms with Gasteiger partial charge in [0.25, 0.3) is 5.91 Å². The summed E-state index contributed by atoms with van der Waals surface area (Å²) in [5.41, 5.74) is 0.779. The van der Waals surface area contributed by atoms with Crippen molar-refractivity contribution in [3.05, 3.63) is 42.0 Å². The van der Waals surface area contributed by atoms with Crippen LogP contribution < -0.4 is 5.32 Å². The first-order valence-corrected chi connectivity index (χ1v) is 6.17. The number of aliphatic hydroxyl groups excluding tert-OH is 1. The maximum atomic E-state index is 12.8. The number of carbonyl (C=O) groups is 1. The molecule has 0 fully saturated rings. The van der Waals surface area contributed by atoms with Gasteiger partial charge in [-0.15, -0.1) is 5.10 Å². The zero-order chi connectivity index (χ0) is 14.5. The van der Waals surface area contributed by atoms with Crippen molar-refractivity contribution in [3.63, 3.8) is 0 Å². The van der Waals surface area contributed by atoms with E-state index in [-0.39, 0.29) is 29.9 Å². The average molecular weight is 278 g/mol. The van der Waals surface area contributed by atoms with Crippen LogP contribution in [0.1, 0.15) is 17.4 Å². The van der Waals surface area contributed by atoms with Crippen molar-refractivity contribution < 1.29 is 14.3 Å². The van der Waals surface area contributed by atoms with E-state index in [0.717, 1.165) is 0 Å². The molecule has 2 aromatic rings. The van der Waals surface area contributed by atoms with E-state index in [0.29, 0.717) is 12.2 Å². The van der Waals surface area contributed by atoms with Crippen molar-refractivity contribution in [1.82, 2.24) is 20.3 Å². The Morgan fingerprint density at radius 3 is 2.80 bits per heavy atom. The largest absolute Gasteiger partial charge is 0.396 e. The standard InChI is InChI=1S/C13H15FN4O2/c1-9(8-19)6-15-13(20)12-7-18(17-16-12)11-4-2-10(14)3-5-11/h2-5,7,9,19H,6,8H2,1H3,(H,15,20). The lowest BCUT2D eigenvalue weighted by Gasteiger charge is -2.07. The zero-order valence-corrected chi connectivity index (χ0v) is 11.0. The van der Waals surface area contributed by atoms with Gasteiger partial charge in [-0.2, -0.15) is 0 Å². The van der Waals surface area contributed by atoms with Gasteiger partial charge in [0.15, 0.2) is 5.69 Å². The molecule has 0 saturated carbocycles. The van der Waals surface area contributed by atoms with Crippen molar-refractivity contribution in [2.75, 3.05) is 13.2 Å². The van der Waals surface area contributed by atoms with Crippen LogP contribution in [-0.4, -0.2) is 39.2 Å². The molecule has 2 rings (SSSR count). The highest BCUT2D eigenvalue weighted by Crippen LogP contribution is 2.08. The Bertz CT molecular complexity index is 582. The molecule has 1 atom stereocenters. The molecular formula is C13H15FN4O2. The van der Waals surface area contributed by atoms with E-state index in [9.17, 15) is 9.18 Å². The minimum atomic E-state index is -0.362. The molecule has 106 valence electrons. The Hall–Kier alpha value is -2.28. The molecule has 1 aromatic heterocycles. The predicted molar refractivity (Wildman–Crippen MR) is 69.9 cm³/mol. The van der Waals surface area contributed by atoms with Crippen molar-refractivity contribution in [2.45, 2.75) is 6.92 Å². The fourth-order valence-corrected chi connectivity index (χ4v) is 1.51. The van der Waals surface area contributed by atoms with E-state index in [4.69, 9.17) is 5.11 Å². The second-order valence-corrected chi connectivity index (χ2v) is 4.52. The van der Waals surface area contributed by atoms with Crippen LogP contribution in [0, 0.1) is 11.7 Å². The van der Waals surface area contributed by atoms with Gasteiger partial charge in [0.1, 0.15) is 5.82 Å². The maximum absolute atomic E-state index is 12.8. The molecule has 1 heterocycles. The summed E-state index contributed by atoms with van der Waals surface area (Å²) in [7, 11) is 0. The minimum Gasteiger partial charge on any atom is -0.396 e. The molecule has 2 N–H and O–H groups in total. The molecular weight excluding hydrogens is 263 g/mol. The Morgan fingerprint density at radius 2 is 2.15 bits per heavy atom. The number of halogens is 1. The van der Waals surface area contributed by atoms with E-state index in [1.54, 1.807) is 12.1 Å². The van der Waals surface area contributed by atoms with E-state index in [1.807, 2.05) is 6.92 Å². The number of amides is 1. The quantitative estimate of drug-likeness (QED) is 0.846. The number of hydrogen-bond acceptors (Lipinski definition) is 4. The van der Waals surface area contributed by atoms with Crippen LogP contribution in [-0.2, 0) is 0 Å². The normalized spacial score (nSPS) is 12.2. The highest BCUT2D eigenvalue weighted by molar-refractivity contribution is 5.91. The summed E-state index contributed by atoms with van der Waals surface area (Å²) in [5, 5.41) is 19.1. The minimum absolute atomic E-state index is 0.00253. The number of carbonyl (C=O) groups excluding carboxylic acids is 1. The van der Waals surface area contributed by atoms with E-state index in [2.05, 4.69) is 15.6 Å². The first kappa shape index (κ1) is 14.1. The third kappa shape index (κ3) is 3.39. The summed E-state index contributed by atoms with van der Waals surface area (Å²) >= 11 is 0. The van der Waals surface area contributed by atoms with Gasteiger partial charge in [-0.05, 0) is 30.2 Å². The lowest BCUT2D eigenvalue weighted by molar-refractivity contribution is 0.0937. The highest BCUT2D eigenvalue weighted by Gasteiger charge is 2.12. The molecule has 7 heteroatoms. The Labute approximate surface area is 115 Å². The molecule has 0 spiro atoms. The topological polar surface area (TPSA) is 80.0 Å². The Kier molecular flexibility index (Phi) is 4.41. The first-order valence-electron chi connectivity index (χ1n) is 6.17. The van der Waals surface area contributed by atoms with Crippen LogP contribution in [0.5, 0.6) is 0 Å². The SMILES string of the molecule is CC(CO)CNC(=O)c1cn(-c2ccc(F)cc2)nn1. The number of nitrogens with zero attached hydrogens (tertiary/aromatic N) is 3. The van der Waals surface area contributed by atoms with Crippen LogP contribution in [0.15, 0.2) is 30.5 Å². The number of rotatable bonds is 5. The number of aliphatic hydroxyl groups is 1. The van der Waals surface area contributed by atoms with Crippen LogP contribution in [0.3, 0.4) is 0 Å². The van der Waals surface area contributed by atoms with Gasteiger partial charge < -0.3 is 10.4 Å². The van der Waals surface area contributed by atoms with Crippen molar-refractivity contribution in [2.24, 2.45) is 5.92 Å². The van der Waals surface area contributed by atoms with E-state index >= 15 is 0 Å². The molecule has 0 aliphatic rings. The highest BCUT2D eigenvalue weighted by atomic mass is 19.1. The molecule has 1 unspecified atom stereocenters. The second kappa shape index (κ2) is 6.25. The molecule has 1 amide bonds. The van der Waals surface area contributed by atoms with Gasteiger partial charge in [0.05, 0.1) is 11.9 Å². The summed E-state index contributed by atoms with van der Waals surface area (Å²) in [6.07, 6.45) is 1.46. The van der Waals surface area contributed by atoms with Crippen molar-refractivity contribution >= 4 is 5.91 Å². The van der Waals surface area contributed by atoms with E-state index in [1.165, 1.54) is 23.0 Å². The number of nitrogens with one attached hydrogen (secondary N) is 1.